The highest BCUT2D eigenvalue weighted by Crippen LogP contribution is 2.13. The highest BCUT2D eigenvalue weighted by molar-refractivity contribution is 5.81. The van der Waals surface area contributed by atoms with Crippen LogP contribution in [-0.4, -0.2) is 35.6 Å². The Hall–Kier alpha value is -0.610. The Bertz CT molecular complexity index is 126. The lowest BCUT2D eigenvalue weighted by atomic mass is 10.0. The first-order valence-corrected chi connectivity index (χ1v) is 2.90. The Morgan fingerprint density at radius 3 is 2.67 bits per heavy atom. The van der Waals surface area contributed by atoms with Crippen molar-refractivity contribution in [2.45, 2.75) is 12.5 Å². The summed E-state index contributed by atoms with van der Waals surface area (Å²) >= 11 is 0. The third-order valence-electron chi connectivity index (χ3n) is 1.70. The van der Waals surface area contributed by atoms with Gasteiger partial charge in [0.1, 0.15) is 0 Å². The zero-order valence-electron chi connectivity index (χ0n) is 5.29. The third-order valence-corrected chi connectivity index (χ3v) is 1.70. The third kappa shape index (κ3) is 1.04. The summed E-state index contributed by atoms with van der Waals surface area (Å²) < 4.78 is 0. The molecule has 1 rings (SSSR count). The van der Waals surface area contributed by atoms with E-state index in [2.05, 4.69) is 0 Å². The molecule has 0 aliphatic carbocycles. The number of hydrogen-bond donors (Lipinski definition) is 2. The second kappa shape index (κ2) is 2.33. The molecular weight excluding hydrogens is 120 g/mol. The zero-order chi connectivity index (χ0) is 6.85. The van der Waals surface area contributed by atoms with Crippen LogP contribution in [0.3, 0.4) is 0 Å². The molecule has 9 heavy (non-hydrogen) atoms. The topological polar surface area (TPSA) is 52.6 Å². The number of hydroxylamine groups is 1. The van der Waals surface area contributed by atoms with Crippen molar-refractivity contribution in [1.29, 1.82) is 0 Å². The molecule has 1 fully saturated rings. The normalized spacial score (nSPS) is 27.1. The second-order valence-corrected chi connectivity index (χ2v) is 2.26. The first-order chi connectivity index (χ1) is 4.25. The number of likely N-dealkylation sites (tertiary alicyclic amines) is 1. The lowest BCUT2D eigenvalue weighted by molar-refractivity contribution is -0.138. The predicted molar refractivity (Wildman–Crippen MR) is 31.0 cm³/mol. The van der Waals surface area contributed by atoms with E-state index in [0.29, 0.717) is 0 Å². The van der Waals surface area contributed by atoms with Crippen LogP contribution in [-0.2, 0) is 4.79 Å². The van der Waals surface area contributed by atoms with E-state index in [1.165, 1.54) is 0 Å². The van der Waals surface area contributed by atoms with Gasteiger partial charge in [-0.15, -0.1) is 0 Å². The number of nitrogens with zero attached hydrogens (tertiary/aromatic N) is 1. The molecule has 4 heteroatoms. The van der Waals surface area contributed by atoms with Crippen LogP contribution in [0.25, 0.3) is 0 Å². The van der Waals surface area contributed by atoms with Crippen molar-refractivity contribution in [1.82, 2.24) is 10.4 Å². The lowest BCUT2D eigenvalue weighted by Gasteiger charge is -2.35. The average molecular weight is 130 g/mol. The van der Waals surface area contributed by atoms with Gasteiger partial charge in [0.25, 0.3) is 5.91 Å². The molecule has 1 aliphatic heterocycles. The minimum Gasteiger partial charge on any atom is -0.295 e. The van der Waals surface area contributed by atoms with Gasteiger partial charge >= 0.3 is 0 Å². The number of nitrogens with one attached hydrogen (secondary N) is 1. The first-order valence-electron chi connectivity index (χ1n) is 2.90. The van der Waals surface area contributed by atoms with Crippen molar-refractivity contribution in [2.24, 2.45) is 0 Å². The van der Waals surface area contributed by atoms with E-state index in [4.69, 9.17) is 5.21 Å². The molecule has 0 saturated carbocycles. The van der Waals surface area contributed by atoms with Crippen molar-refractivity contribution >= 4 is 5.91 Å². The molecule has 4 nitrogen and oxygen atoms in total. The fraction of sp³-hybridized carbons (Fsp3) is 0.800. The lowest BCUT2D eigenvalue weighted by Crippen LogP contribution is -2.53. The Morgan fingerprint density at radius 1 is 1.89 bits per heavy atom. The van der Waals surface area contributed by atoms with Gasteiger partial charge in [0, 0.05) is 6.54 Å². The fourth-order valence-corrected chi connectivity index (χ4v) is 0.922. The van der Waals surface area contributed by atoms with Crippen molar-refractivity contribution < 1.29 is 10.0 Å². The SMILES string of the molecule is CN1CCC1C(=O)NO. The highest BCUT2D eigenvalue weighted by atomic mass is 16.5. The number of hydrogen-bond acceptors (Lipinski definition) is 3. The molecule has 1 amide bonds. The summed E-state index contributed by atoms with van der Waals surface area (Å²) in [6.07, 6.45) is 0.850. The summed E-state index contributed by atoms with van der Waals surface area (Å²) in [5.74, 6) is -0.302. The molecule has 0 bridgehead atoms. The molecule has 1 saturated heterocycles. The molecule has 52 valence electrons. The van der Waals surface area contributed by atoms with E-state index < -0.39 is 0 Å². The monoisotopic (exact) mass is 130 g/mol. The van der Waals surface area contributed by atoms with Crippen LogP contribution in [0.1, 0.15) is 6.42 Å². The van der Waals surface area contributed by atoms with E-state index in [-0.39, 0.29) is 11.9 Å². The quantitative estimate of drug-likeness (QED) is 0.361. The van der Waals surface area contributed by atoms with Crippen molar-refractivity contribution in [3.05, 3.63) is 0 Å². The van der Waals surface area contributed by atoms with E-state index in [1.54, 1.807) is 5.48 Å². The maximum Gasteiger partial charge on any atom is 0.260 e. The summed E-state index contributed by atoms with van der Waals surface area (Å²) in [6.45, 7) is 0.943. The molecular formula is C5H10N2O2. The second-order valence-electron chi connectivity index (χ2n) is 2.26. The van der Waals surface area contributed by atoms with Crippen LogP contribution < -0.4 is 5.48 Å². The summed E-state index contributed by atoms with van der Waals surface area (Å²) in [5, 5.41) is 8.16. The molecule has 0 aromatic rings. The molecule has 0 radical (unpaired) electrons. The van der Waals surface area contributed by atoms with Crippen LogP contribution in [0.2, 0.25) is 0 Å². The maximum atomic E-state index is 10.6. The van der Waals surface area contributed by atoms with Gasteiger partial charge in [-0.05, 0) is 13.5 Å². The Kier molecular flexibility index (Phi) is 1.68. The molecule has 1 unspecified atom stereocenters. The molecule has 1 atom stereocenters. The van der Waals surface area contributed by atoms with Gasteiger partial charge in [-0.2, -0.15) is 0 Å². The van der Waals surface area contributed by atoms with Crippen molar-refractivity contribution in [3.8, 4) is 0 Å². The van der Waals surface area contributed by atoms with E-state index in [0.717, 1.165) is 13.0 Å². The van der Waals surface area contributed by atoms with Gasteiger partial charge in [0.05, 0.1) is 6.04 Å². The van der Waals surface area contributed by atoms with Crippen LogP contribution >= 0.6 is 0 Å². The average Bonchev–Trinajstić information content (AvgIpc) is 1.84. The first kappa shape index (κ1) is 6.51. The van der Waals surface area contributed by atoms with Gasteiger partial charge in [0.2, 0.25) is 0 Å². The standard InChI is InChI=1S/C5H10N2O2/c1-7-3-2-4(7)5(8)6-9/h4,9H,2-3H2,1H3,(H,6,8). The summed E-state index contributed by atoms with van der Waals surface area (Å²) in [6, 6.07) is -0.102. The van der Waals surface area contributed by atoms with Crippen molar-refractivity contribution in [3.63, 3.8) is 0 Å². The number of carbonyl (C=O) groups is 1. The number of carbonyl (C=O) groups excluding carboxylic acids is 1. The van der Waals surface area contributed by atoms with Gasteiger partial charge in [0.15, 0.2) is 0 Å². The van der Waals surface area contributed by atoms with Crippen LogP contribution in [0.4, 0.5) is 0 Å². The van der Waals surface area contributed by atoms with E-state index >= 15 is 0 Å². The van der Waals surface area contributed by atoms with Crippen LogP contribution in [0.5, 0.6) is 0 Å². The van der Waals surface area contributed by atoms with Gasteiger partial charge in [-0.1, -0.05) is 0 Å². The minimum atomic E-state index is -0.302. The Morgan fingerprint density at radius 2 is 2.56 bits per heavy atom. The maximum absolute atomic E-state index is 10.6. The smallest absolute Gasteiger partial charge is 0.260 e. The molecule has 0 spiro atoms. The Labute approximate surface area is 53.4 Å². The van der Waals surface area contributed by atoms with Gasteiger partial charge < -0.3 is 0 Å². The molecule has 2 N–H and O–H groups in total. The van der Waals surface area contributed by atoms with Crippen molar-refractivity contribution in [2.75, 3.05) is 13.6 Å². The highest BCUT2D eigenvalue weighted by Gasteiger charge is 2.30. The minimum absolute atomic E-state index is 0.102. The summed E-state index contributed by atoms with van der Waals surface area (Å²) in [4.78, 5) is 12.5. The largest absolute Gasteiger partial charge is 0.295 e. The molecule has 1 heterocycles. The predicted octanol–water partition coefficient (Wildman–Crippen LogP) is -0.804. The molecule has 1 aliphatic rings. The van der Waals surface area contributed by atoms with Crippen LogP contribution in [0, 0.1) is 0 Å². The fourth-order valence-electron chi connectivity index (χ4n) is 0.922. The van der Waals surface area contributed by atoms with Crippen LogP contribution in [0.15, 0.2) is 0 Å². The number of rotatable bonds is 1. The zero-order valence-corrected chi connectivity index (χ0v) is 5.29. The van der Waals surface area contributed by atoms with E-state index in [9.17, 15) is 4.79 Å². The summed E-state index contributed by atoms with van der Waals surface area (Å²) in [7, 11) is 1.85. The molecule has 0 aromatic carbocycles. The number of likely N-dealkylation sites (N-methyl/N-ethyl adjacent to an activating group) is 1. The van der Waals surface area contributed by atoms with Gasteiger partial charge in [-0.3, -0.25) is 14.9 Å². The van der Waals surface area contributed by atoms with E-state index in [1.807, 2.05) is 11.9 Å². The Balaban J connectivity index is 2.35. The molecule has 0 aromatic heterocycles. The summed E-state index contributed by atoms with van der Waals surface area (Å²) in [5.41, 5.74) is 1.62. The number of amides is 1. The van der Waals surface area contributed by atoms with Gasteiger partial charge in [-0.25, -0.2) is 5.48 Å².